The number of nitrogens with zero attached hydrogens (tertiary/aromatic N) is 4. The van der Waals surface area contributed by atoms with Crippen LogP contribution in [0.5, 0.6) is 0 Å². The van der Waals surface area contributed by atoms with Gasteiger partial charge in [0.05, 0.1) is 36.3 Å². The van der Waals surface area contributed by atoms with E-state index in [1.165, 1.54) is 6.20 Å². The van der Waals surface area contributed by atoms with Gasteiger partial charge < -0.3 is 15.8 Å². The highest BCUT2D eigenvalue weighted by atomic mass is 16.5. The molecule has 0 aliphatic heterocycles. The number of aromatic nitrogens is 4. The molecule has 0 aliphatic rings. The molecule has 0 bridgehead atoms. The van der Waals surface area contributed by atoms with Gasteiger partial charge in [-0.3, -0.25) is 4.68 Å². The third-order valence-electron chi connectivity index (χ3n) is 2.75. The molecule has 8 nitrogen and oxygen atoms in total. The van der Waals surface area contributed by atoms with Crippen molar-refractivity contribution in [1.82, 2.24) is 19.7 Å². The quantitative estimate of drug-likeness (QED) is 0.759. The molecular formula is C13H18N6O2. The lowest BCUT2D eigenvalue weighted by molar-refractivity contribution is 0.0524. The molecule has 0 unspecified atom stereocenters. The normalized spacial score (nSPS) is 10.4. The maximum atomic E-state index is 11.6. The van der Waals surface area contributed by atoms with E-state index >= 15 is 0 Å². The van der Waals surface area contributed by atoms with Crippen molar-refractivity contribution in [2.75, 3.05) is 24.2 Å². The Bertz CT molecular complexity index is 625. The fourth-order valence-corrected chi connectivity index (χ4v) is 1.75. The number of ether oxygens (including phenoxy) is 1. The first-order valence-electron chi connectivity index (χ1n) is 6.62. The van der Waals surface area contributed by atoms with Crippen LogP contribution in [-0.2, 0) is 11.3 Å². The second kappa shape index (κ2) is 6.69. The van der Waals surface area contributed by atoms with E-state index in [4.69, 9.17) is 10.5 Å². The van der Waals surface area contributed by atoms with Gasteiger partial charge in [-0.05, 0) is 13.8 Å². The van der Waals surface area contributed by atoms with E-state index in [2.05, 4.69) is 20.4 Å². The Morgan fingerprint density at radius 3 is 2.90 bits per heavy atom. The lowest BCUT2D eigenvalue weighted by Gasteiger charge is -2.08. The van der Waals surface area contributed by atoms with Crippen molar-refractivity contribution >= 4 is 17.6 Å². The number of rotatable bonds is 6. The fourth-order valence-electron chi connectivity index (χ4n) is 1.75. The van der Waals surface area contributed by atoms with Gasteiger partial charge >= 0.3 is 5.97 Å². The topological polar surface area (TPSA) is 108 Å². The Kier molecular flexibility index (Phi) is 4.70. The van der Waals surface area contributed by atoms with Gasteiger partial charge in [0.2, 0.25) is 5.95 Å². The molecule has 0 saturated heterocycles. The number of hydrogen-bond donors (Lipinski definition) is 2. The van der Waals surface area contributed by atoms with Crippen LogP contribution in [0.15, 0.2) is 18.6 Å². The predicted octanol–water partition coefficient (Wildman–Crippen LogP) is 0.853. The van der Waals surface area contributed by atoms with E-state index in [0.29, 0.717) is 42.6 Å². The molecular weight excluding hydrogens is 272 g/mol. The Labute approximate surface area is 122 Å². The van der Waals surface area contributed by atoms with Crippen molar-refractivity contribution in [3.8, 4) is 0 Å². The van der Waals surface area contributed by atoms with Crippen LogP contribution in [0.25, 0.3) is 0 Å². The summed E-state index contributed by atoms with van der Waals surface area (Å²) < 4.78 is 6.65. The summed E-state index contributed by atoms with van der Waals surface area (Å²) in [5.41, 5.74) is 7.16. The van der Waals surface area contributed by atoms with Crippen molar-refractivity contribution in [1.29, 1.82) is 0 Å². The molecule has 3 N–H and O–H groups in total. The summed E-state index contributed by atoms with van der Waals surface area (Å²) in [6.07, 6.45) is 4.81. The molecule has 21 heavy (non-hydrogen) atoms. The number of aryl methyl sites for hydroxylation is 1. The molecule has 0 fully saturated rings. The zero-order valence-corrected chi connectivity index (χ0v) is 12.0. The van der Waals surface area contributed by atoms with E-state index in [1.807, 2.05) is 0 Å². The Balaban J connectivity index is 1.92. The highest BCUT2D eigenvalue weighted by Crippen LogP contribution is 2.08. The Hall–Kier alpha value is -2.64. The highest BCUT2D eigenvalue weighted by Gasteiger charge is 2.12. The molecule has 0 amide bonds. The minimum absolute atomic E-state index is 0.325. The van der Waals surface area contributed by atoms with Crippen LogP contribution in [0.3, 0.4) is 0 Å². The minimum atomic E-state index is -0.409. The number of carbonyl (C=O) groups is 1. The van der Waals surface area contributed by atoms with Gasteiger partial charge in [0.15, 0.2) is 0 Å². The van der Waals surface area contributed by atoms with Crippen LogP contribution in [0.2, 0.25) is 0 Å². The Morgan fingerprint density at radius 1 is 1.48 bits per heavy atom. The second-order valence-electron chi connectivity index (χ2n) is 4.38. The van der Waals surface area contributed by atoms with E-state index in [9.17, 15) is 4.79 Å². The summed E-state index contributed by atoms with van der Waals surface area (Å²) in [6.45, 7) is 5.06. The van der Waals surface area contributed by atoms with Crippen LogP contribution < -0.4 is 11.1 Å². The summed E-state index contributed by atoms with van der Waals surface area (Å²) in [5.74, 6) is 0.0502. The summed E-state index contributed by atoms with van der Waals surface area (Å²) in [7, 11) is 0. The molecule has 8 heteroatoms. The van der Waals surface area contributed by atoms with Gasteiger partial charge in [-0.2, -0.15) is 5.10 Å². The van der Waals surface area contributed by atoms with Gasteiger partial charge in [-0.15, -0.1) is 0 Å². The van der Waals surface area contributed by atoms with Crippen LogP contribution >= 0.6 is 0 Å². The molecule has 2 rings (SSSR count). The van der Waals surface area contributed by atoms with Crippen molar-refractivity contribution in [3.05, 3.63) is 29.8 Å². The molecule has 2 aromatic rings. The molecule has 0 spiro atoms. The highest BCUT2D eigenvalue weighted by molar-refractivity contribution is 5.90. The minimum Gasteiger partial charge on any atom is -0.462 e. The average Bonchev–Trinajstić information content (AvgIpc) is 2.85. The first kappa shape index (κ1) is 14.8. The van der Waals surface area contributed by atoms with Crippen LogP contribution in [-0.4, -0.2) is 38.9 Å². The van der Waals surface area contributed by atoms with E-state index in [0.717, 1.165) is 0 Å². The van der Waals surface area contributed by atoms with Gasteiger partial charge in [0.25, 0.3) is 0 Å². The number of nitrogens with two attached hydrogens (primary N) is 1. The van der Waals surface area contributed by atoms with Crippen molar-refractivity contribution < 1.29 is 9.53 Å². The summed E-state index contributed by atoms with van der Waals surface area (Å²) >= 11 is 0. The third kappa shape index (κ3) is 3.91. The van der Waals surface area contributed by atoms with Crippen molar-refractivity contribution in [2.45, 2.75) is 20.4 Å². The standard InChI is InChI=1S/C13H18N6O2/c1-3-21-12(20)11-7-16-13(18-9(11)2)15-4-5-19-8-10(14)6-17-19/h6-8H,3-5,14H2,1-2H3,(H,15,16,18). The first-order chi connectivity index (χ1) is 10.1. The van der Waals surface area contributed by atoms with Gasteiger partial charge in [0, 0.05) is 18.9 Å². The zero-order chi connectivity index (χ0) is 15.2. The molecule has 0 aliphatic carbocycles. The van der Waals surface area contributed by atoms with E-state index in [1.54, 1.807) is 30.9 Å². The summed E-state index contributed by atoms with van der Waals surface area (Å²) in [6, 6.07) is 0. The molecule has 112 valence electrons. The first-order valence-corrected chi connectivity index (χ1v) is 6.62. The lowest BCUT2D eigenvalue weighted by atomic mass is 10.2. The SMILES string of the molecule is CCOC(=O)c1cnc(NCCn2cc(N)cn2)nc1C. The lowest BCUT2D eigenvalue weighted by Crippen LogP contribution is -2.15. The van der Waals surface area contributed by atoms with Crippen LogP contribution in [0, 0.1) is 6.92 Å². The van der Waals surface area contributed by atoms with Crippen LogP contribution in [0.4, 0.5) is 11.6 Å². The number of anilines is 2. The maximum Gasteiger partial charge on any atom is 0.341 e. The molecule has 0 radical (unpaired) electrons. The Morgan fingerprint density at radius 2 is 2.29 bits per heavy atom. The summed E-state index contributed by atoms with van der Waals surface area (Å²) in [4.78, 5) is 20.0. The molecule has 2 heterocycles. The molecule has 0 atom stereocenters. The second-order valence-corrected chi connectivity index (χ2v) is 4.38. The smallest absolute Gasteiger partial charge is 0.341 e. The number of carbonyl (C=O) groups excluding carboxylic acids is 1. The maximum absolute atomic E-state index is 11.6. The summed E-state index contributed by atoms with van der Waals surface area (Å²) in [5, 5.41) is 7.14. The zero-order valence-electron chi connectivity index (χ0n) is 12.0. The largest absolute Gasteiger partial charge is 0.462 e. The number of nitrogen functional groups attached to an aromatic ring is 1. The number of hydrogen-bond acceptors (Lipinski definition) is 7. The molecule has 2 aromatic heterocycles. The molecule has 0 saturated carbocycles. The van der Waals surface area contributed by atoms with E-state index in [-0.39, 0.29) is 0 Å². The van der Waals surface area contributed by atoms with Gasteiger partial charge in [-0.25, -0.2) is 14.8 Å². The van der Waals surface area contributed by atoms with Gasteiger partial charge in [0.1, 0.15) is 0 Å². The monoisotopic (exact) mass is 290 g/mol. The predicted molar refractivity (Wildman–Crippen MR) is 77.9 cm³/mol. The van der Waals surface area contributed by atoms with Crippen molar-refractivity contribution in [3.63, 3.8) is 0 Å². The number of esters is 1. The van der Waals surface area contributed by atoms with Crippen molar-refractivity contribution in [2.24, 2.45) is 0 Å². The average molecular weight is 290 g/mol. The van der Waals surface area contributed by atoms with E-state index < -0.39 is 5.97 Å². The fraction of sp³-hybridized carbons (Fsp3) is 0.385. The number of nitrogens with one attached hydrogen (secondary N) is 1. The van der Waals surface area contributed by atoms with Gasteiger partial charge in [-0.1, -0.05) is 0 Å². The van der Waals surface area contributed by atoms with Crippen LogP contribution in [0.1, 0.15) is 23.0 Å². The molecule has 0 aromatic carbocycles. The third-order valence-corrected chi connectivity index (χ3v) is 2.75.